The normalized spacial score (nSPS) is 12.4. The van der Waals surface area contributed by atoms with Gasteiger partial charge in [-0.15, -0.1) is 0 Å². The third-order valence-electron chi connectivity index (χ3n) is 1.76. The highest BCUT2D eigenvalue weighted by atomic mass is 16.5. The average Bonchev–Trinajstić information content (AvgIpc) is 2.35. The van der Waals surface area contributed by atoms with Gasteiger partial charge in [0.25, 0.3) is 0 Å². The first-order valence-electron chi connectivity index (χ1n) is 5.06. The van der Waals surface area contributed by atoms with Crippen molar-refractivity contribution in [3.63, 3.8) is 0 Å². The molecule has 0 aliphatic carbocycles. The fourth-order valence-electron chi connectivity index (χ4n) is 0.962. The number of hydrogen-bond acceptors (Lipinski definition) is 5. The molecule has 1 unspecified atom stereocenters. The van der Waals surface area contributed by atoms with Gasteiger partial charge in [0.2, 0.25) is 0 Å². The largest absolute Gasteiger partial charge is 0.498 e. The lowest BCUT2D eigenvalue weighted by Crippen LogP contribution is -2.17. The van der Waals surface area contributed by atoms with Gasteiger partial charge in [0.15, 0.2) is 0 Å². The predicted octanol–water partition coefficient (Wildman–Crippen LogP) is 0.476. The zero-order chi connectivity index (χ0) is 12.5. The second-order valence-electron chi connectivity index (χ2n) is 3.21. The van der Waals surface area contributed by atoms with E-state index in [2.05, 4.69) is 0 Å². The molecule has 0 amide bonds. The zero-order valence-corrected chi connectivity index (χ0v) is 9.15. The van der Waals surface area contributed by atoms with E-state index in [-0.39, 0.29) is 13.2 Å². The van der Waals surface area contributed by atoms with Crippen molar-refractivity contribution in [1.82, 2.24) is 0 Å². The van der Waals surface area contributed by atoms with Gasteiger partial charge in [0, 0.05) is 0 Å². The highest BCUT2D eigenvalue weighted by molar-refractivity contribution is 5.83. The lowest BCUT2D eigenvalue weighted by molar-refractivity contribution is -0.129. The first-order valence-corrected chi connectivity index (χ1v) is 5.06. The van der Waals surface area contributed by atoms with Crippen LogP contribution in [-0.4, -0.2) is 35.5 Å². The minimum Gasteiger partial charge on any atom is -0.498 e. The molecule has 1 aromatic rings. The number of esters is 1. The molecule has 2 N–H and O–H groups in total. The van der Waals surface area contributed by atoms with E-state index in [0.717, 1.165) is 12.3 Å². The van der Waals surface area contributed by atoms with Crippen molar-refractivity contribution in [2.75, 3.05) is 13.2 Å². The Labute approximate surface area is 98.9 Å². The van der Waals surface area contributed by atoms with Crippen LogP contribution in [-0.2, 0) is 9.53 Å². The average molecular weight is 238 g/mol. The quantitative estimate of drug-likeness (QED) is 0.326. The molecule has 0 saturated carbocycles. The molecule has 0 fully saturated rings. The molecule has 0 bridgehead atoms. The van der Waals surface area contributed by atoms with Crippen LogP contribution in [0.4, 0.5) is 0 Å². The van der Waals surface area contributed by atoms with Crippen LogP contribution in [0.25, 0.3) is 0 Å². The van der Waals surface area contributed by atoms with Crippen LogP contribution < -0.4 is 4.74 Å². The summed E-state index contributed by atoms with van der Waals surface area (Å²) in [6, 6.07) is 8.62. The van der Waals surface area contributed by atoms with Crippen molar-refractivity contribution in [2.24, 2.45) is 0 Å². The van der Waals surface area contributed by atoms with Crippen molar-refractivity contribution < 1.29 is 24.5 Å². The van der Waals surface area contributed by atoms with Gasteiger partial charge >= 0.3 is 5.97 Å². The summed E-state index contributed by atoms with van der Waals surface area (Å²) in [4.78, 5) is 11.2. The molecule has 0 saturated heterocycles. The van der Waals surface area contributed by atoms with Gasteiger partial charge in [0.05, 0.1) is 18.9 Å². The number of rotatable bonds is 6. The van der Waals surface area contributed by atoms with Crippen molar-refractivity contribution in [2.45, 2.75) is 6.10 Å². The maximum Gasteiger partial charge on any atom is 0.339 e. The molecule has 1 atom stereocenters. The van der Waals surface area contributed by atoms with Crippen LogP contribution in [0.1, 0.15) is 0 Å². The van der Waals surface area contributed by atoms with E-state index in [1.54, 1.807) is 24.3 Å². The molecular formula is C12H14O5. The molecule has 5 heteroatoms. The lowest BCUT2D eigenvalue weighted by atomic mass is 10.3. The summed E-state index contributed by atoms with van der Waals surface area (Å²) in [6.45, 7) is -0.464. The minimum absolute atomic E-state index is 0.0778. The van der Waals surface area contributed by atoms with E-state index in [4.69, 9.17) is 19.7 Å². The summed E-state index contributed by atoms with van der Waals surface area (Å²) in [5.41, 5.74) is 0. The Morgan fingerprint density at radius 2 is 2.06 bits per heavy atom. The van der Waals surface area contributed by atoms with E-state index in [1.807, 2.05) is 6.07 Å². The maximum atomic E-state index is 11.2. The summed E-state index contributed by atoms with van der Waals surface area (Å²) < 4.78 is 9.73. The Morgan fingerprint density at radius 1 is 1.35 bits per heavy atom. The number of para-hydroxylation sites is 1. The second kappa shape index (κ2) is 7.43. The third-order valence-corrected chi connectivity index (χ3v) is 1.76. The standard InChI is InChI=1S/C12H14O5/c13-8-10(14)9-16-7-6-12(15)17-11-4-2-1-3-5-11/h1-7,10,13-14H,8-9H2. The van der Waals surface area contributed by atoms with Crippen LogP contribution in [0, 0.1) is 0 Å². The highest BCUT2D eigenvalue weighted by Gasteiger charge is 2.01. The Bertz CT molecular complexity index is 360. The molecule has 17 heavy (non-hydrogen) atoms. The second-order valence-corrected chi connectivity index (χ2v) is 3.21. The van der Waals surface area contributed by atoms with Gasteiger partial charge in [0.1, 0.15) is 18.5 Å². The number of hydrogen-bond donors (Lipinski definition) is 2. The summed E-state index contributed by atoms with van der Waals surface area (Å²) in [7, 11) is 0. The Hall–Kier alpha value is -1.85. The molecule has 0 aromatic heterocycles. The van der Waals surface area contributed by atoms with Crippen LogP contribution >= 0.6 is 0 Å². The van der Waals surface area contributed by atoms with Crippen LogP contribution in [0.3, 0.4) is 0 Å². The molecule has 0 aliphatic rings. The third kappa shape index (κ3) is 5.70. The van der Waals surface area contributed by atoms with Crippen LogP contribution in [0.2, 0.25) is 0 Å². The summed E-state index contributed by atoms with van der Waals surface area (Å²) in [5, 5.41) is 17.4. The predicted molar refractivity (Wildman–Crippen MR) is 60.3 cm³/mol. The number of benzene rings is 1. The van der Waals surface area contributed by atoms with Crippen molar-refractivity contribution in [1.29, 1.82) is 0 Å². The Kier molecular flexibility index (Phi) is 5.77. The zero-order valence-electron chi connectivity index (χ0n) is 9.15. The van der Waals surface area contributed by atoms with Gasteiger partial charge in [-0.3, -0.25) is 0 Å². The molecule has 0 spiro atoms. The summed E-state index contributed by atoms with van der Waals surface area (Å²) in [6.07, 6.45) is 1.26. The monoisotopic (exact) mass is 238 g/mol. The van der Waals surface area contributed by atoms with Gasteiger partial charge in [-0.2, -0.15) is 0 Å². The van der Waals surface area contributed by atoms with E-state index < -0.39 is 12.1 Å². The number of aliphatic hydroxyl groups is 2. The number of aliphatic hydroxyl groups excluding tert-OH is 2. The SMILES string of the molecule is O=C(C=COCC(O)CO)Oc1ccccc1. The van der Waals surface area contributed by atoms with Gasteiger partial charge in [-0.05, 0) is 12.1 Å². The Morgan fingerprint density at radius 3 is 2.71 bits per heavy atom. The molecule has 92 valence electrons. The molecular weight excluding hydrogens is 224 g/mol. The van der Waals surface area contributed by atoms with Crippen molar-refractivity contribution in [3.8, 4) is 5.75 Å². The van der Waals surface area contributed by atoms with Gasteiger partial charge in [-0.25, -0.2) is 4.79 Å². The molecule has 5 nitrogen and oxygen atoms in total. The van der Waals surface area contributed by atoms with Gasteiger partial charge in [-0.1, -0.05) is 18.2 Å². The molecule has 1 rings (SSSR count). The number of carbonyl (C=O) groups is 1. The molecule has 0 heterocycles. The lowest BCUT2D eigenvalue weighted by Gasteiger charge is -2.05. The maximum absolute atomic E-state index is 11.2. The van der Waals surface area contributed by atoms with Crippen LogP contribution in [0.15, 0.2) is 42.7 Å². The number of ether oxygens (including phenoxy) is 2. The number of carbonyl (C=O) groups excluding carboxylic acids is 1. The van der Waals surface area contributed by atoms with E-state index >= 15 is 0 Å². The summed E-state index contributed by atoms with van der Waals surface area (Å²) >= 11 is 0. The van der Waals surface area contributed by atoms with E-state index in [0.29, 0.717) is 5.75 Å². The highest BCUT2D eigenvalue weighted by Crippen LogP contribution is 2.08. The minimum atomic E-state index is -0.954. The molecule has 1 aromatic carbocycles. The first-order chi connectivity index (χ1) is 8.22. The topological polar surface area (TPSA) is 76.0 Å². The first kappa shape index (κ1) is 13.2. The molecule has 0 aliphatic heterocycles. The smallest absolute Gasteiger partial charge is 0.339 e. The van der Waals surface area contributed by atoms with E-state index in [9.17, 15) is 4.79 Å². The van der Waals surface area contributed by atoms with Crippen molar-refractivity contribution >= 4 is 5.97 Å². The fraction of sp³-hybridized carbons (Fsp3) is 0.250. The van der Waals surface area contributed by atoms with Gasteiger partial charge < -0.3 is 19.7 Å². The van der Waals surface area contributed by atoms with Crippen molar-refractivity contribution in [3.05, 3.63) is 42.7 Å². The fourth-order valence-corrected chi connectivity index (χ4v) is 0.962. The van der Waals surface area contributed by atoms with E-state index in [1.165, 1.54) is 0 Å². The van der Waals surface area contributed by atoms with Crippen LogP contribution in [0.5, 0.6) is 5.75 Å². The summed E-state index contributed by atoms with van der Waals surface area (Å²) in [5.74, 6) is -0.132. The molecule has 0 radical (unpaired) electrons. The Balaban J connectivity index is 2.28.